The van der Waals surface area contributed by atoms with Gasteiger partial charge in [0.1, 0.15) is 0 Å². The number of hydrogen-bond donors (Lipinski definition) is 0. The van der Waals surface area contributed by atoms with E-state index in [9.17, 15) is 18.0 Å². The number of hydrogen-bond acceptors (Lipinski definition) is 2. The third-order valence-corrected chi connectivity index (χ3v) is 3.14. The van der Waals surface area contributed by atoms with Crippen LogP contribution in [0.3, 0.4) is 0 Å². The number of halogens is 3. The quantitative estimate of drug-likeness (QED) is 0.775. The molecule has 0 amide bonds. The number of anilines is 1. The van der Waals surface area contributed by atoms with Crippen molar-refractivity contribution in [3.63, 3.8) is 0 Å². The lowest BCUT2D eigenvalue weighted by atomic mass is 10.1. The van der Waals surface area contributed by atoms with Gasteiger partial charge in [0.2, 0.25) is 0 Å². The zero-order valence-corrected chi connectivity index (χ0v) is 10.0. The number of fused-ring (bicyclic) bond motifs is 1. The monoisotopic (exact) mass is 257 g/mol. The summed E-state index contributed by atoms with van der Waals surface area (Å²) >= 11 is 0. The van der Waals surface area contributed by atoms with Crippen molar-refractivity contribution in [2.45, 2.75) is 25.9 Å². The summed E-state index contributed by atoms with van der Waals surface area (Å²) in [5, 5.41) is 0. The highest BCUT2D eigenvalue weighted by Crippen LogP contribution is 2.30. The number of rotatable bonds is 3. The molecule has 98 valence electrons. The predicted octanol–water partition coefficient (Wildman–Crippen LogP) is 3.20. The van der Waals surface area contributed by atoms with Crippen LogP contribution in [0.5, 0.6) is 0 Å². The average Bonchev–Trinajstić information content (AvgIpc) is 2.67. The topological polar surface area (TPSA) is 20.3 Å². The summed E-state index contributed by atoms with van der Waals surface area (Å²) < 4.78 is 36.6. The zero-order chi connectivity index (χ0) is 13.3. The molecule has 0 saturated carbocycles. The summed E-state index contributed by atoms with van der Waals surface area (Å²) in [6.07, 6.45) is -4.22. The lowest BCUT2D eigenvalue weighted by molar-refractivity contribution is -0.132. The Balaban J connectivity index is 2.12. The van der Waals surface area contributed by atoms with Crippen LogP contribution in [0.15, 0.2) is 18.2 Å². The molecular formula is C13H14F3NO. The van der Waals surface area contributed by atoms with E-state index in [2.05, 4.69) is 0 Å². The first-order valence-electron chi connectivity index (χ1n) is 5.82. The normalized spacial score (nSPS) is 14.8. The molecule has 0 spiro atoms. The Bertz CT molecular complexity index is 468. The maximum atomic E-state index is 12.2. The van der Waals surface area contributed by atoms with E-state index in [1.165, 1.54) is 6.92 Å². The minimum absolute atomic E-state index is 0.0179. The molecule has 0 aromatic heterocycles. The Labute approximate surface area is 103 Å². The van der Waals surface area contributed by atoms with Crippen molar-refractivity contribution >= 4 is 11.5 Å². The van der Waals surface area contributed by atoms with Gasteiger partial charge in [-0.2, -0.15) is 13.2 Å². The Kier molecular flexibility index (Phi) is 3.32. The molecule has 1 heterocycles. The second-order valence-corrected chi connectivity index (χ2v) is 4.50. The molecule has 1 aromatic rings. The maximum absolute atomic E-state index is 12.2. The van der Waals surface area contributed by atoms with E-state index >= 15 is 0 Å². The maximum Gasteiger partial charge on any atom is 0.390 e. The Morgan fingerprint density at radius 2 is 2.11 bits per heavy atom. The Morgan fingerprint density at radius 3 is 2.72 bits per heavy atom. The third-order valence-electron chi connectivity index (χ3n) is 3.14. The van der Waals surface area contributed by atoms with Crippen LogP contribution in [0.4, 0.5) is 18.9 Å². The number of Topliss-reactive ketones (excluding diaryl/α,β-unsaturated/α-hetero) is 1. The Morgan fingerprint density at radius 1 is 1.39 bits per heavy atom. The molecule has 0 atom stereocenters. The van der Waals surface area contributed by atoms with Crippen LogP contribution in [0.25, 0.3) is 0 Å². The summed E-state index contributed by atoms with van der Waals surface area (Å²) in [4.78, 5) is 13.0. The molecule has 0 aliphatic carbocycles. The van der Waals surface area contributed by atoms with Crippen LogP contribution in [-0.2, 0) is 6.42 Å². The van der Waals surface area contributed by atoms with Crippen molar-refractivity contribution in [1.29, 1.82) is 0 Å². The smallest absolute Gasteiger partial charge is 0.371 e. The van der Waals surface area contributed by atoms with Crippen LogP contribution in [0.1, 0.15) is 29.3 Å². The lowest BCUT2D eigenvalue weighted by Crippen LogP contribution is -2.26. The highest BCUT2D eigenvalue weighted by atomic mass is 19.4. The number of nitrogens with zero attached hydrogens (tertiary/aromatic N) is 1. The fourth-order valence-electron chi connectivity index (χ4n) is 2.18. The molecule has 0 radical (unpaired) electrons. The molecule has 1 aliphatic heterocycles. The van der Waals surface area contributed by atoms with E-state index in [-0.39, 0.29) is 12.3 Å². The second-order valence-electron chi connectivity index (χ2n) is 4.50. The standard InChI is InChI=1S/C13H14F3NO/c1-9(18)10-2-3-12-11(8-10)4-6-17(12)7-5-13(14,15)16/h2-3,8H,4-7H2,1H3. The van der Waals surface area contributed by atoms with Gasteiger partial charge in [0, 0.05) is 24.3 Å². The largest absolute Gasteiger partial charge is 0.390 e. The van der Waals surface area contributed by atoms with Crippen LogP contribution >= 0.6 is 0 Å². The first-order valence-corrected chi connectivity index (χ1v) is 5.82. The first-order chi connectivity index (χ1) is 8.37. The van der Waals surface area contributed by atoms with Crippen molar-refractivity contribution in [3.05, 3.63) is 29.3 Å². The molecule has 2 rings (SSSR count). The predicted molar refractivity (Wildman–Crippen MR) is 63.0 cm³/mol. The Hall–Kier alpha value is -1.52. The molecule has 0 unspecified atom stereocenters. The molecule has 18 heavy (non-hydrogen) atoms. The van der Waals surface area contributed by atoms with E-state index in [0.29, 0.717) is 18.5 Å². The summed E-state index contributed by atoms with van der Waals surface area (Å²) in [5.74, 6) is -0.0217. The highest BCUT2D eigenvalue weighted by molar-refractivity contribution is 5.94. The van der Waals surface area contributed by atoms with E-state index in [0.717, 1.165) is 11.3 Å². The van der Waals surface area contributed by atoms with E-state index < -0.39 is 12.6 Å². The average molecular weight is 257 g/mol. The molecule has 5 heteroatoms. The van der Waals surface area contributed by atoms with Crippen LogP contribution in [0, 0.1) is 0 Å². The second kappa shape index (κ2) is 4.63. The molecule has 0 fully saturated rings. The number of alkyl halides is 3. The fourth-order valence-corrected chi connectivity index (χ4v) is 2.18. The minimum atomic E-state index is -4.12. The number of ketones is 1. The number of carbonyl (C=O) groups is 1. The number of carbonyl (C=O) groups excluding carboxylic acids is 1. The van der Waals surface area contributed by atoms with E-state index in [1.54, 1.807) is 23.1 Å². The van der Waals surface area contributed by atoms with Gasteiger partial charge in [-0.25, -0.2) is 0 Å². The zero-order valence-electron chi connectivity index (χ0n) is 10.0. The SMILES string of the molecule is CC(=O)c1ccc2c(c1)CCN2CCC(F)(F)F. The van der Waals surface area contributed by atoms with E-state index in [1.807, 2.05) is 0 Å². The summed E-state index contributed by atoms with van der Waals surface area (Å²) in [5.41, 5.74) is 2.40. The van der Waals surface area contributed by atoms with Gasteiger partial charge in [-0.3, -0.25) is 4.79 Å². The highest BCUT2D eigenvalue weighted by Gasteiger charge is 2.29. The number of benzene rings is 1. The molecule has 0 N–H and O–H groups in total. The summed E-state index contributed by atoms with van der Waals surface area (Å²) in [6, 6.07) is 5.20. The van der Waals surface area contributed by atoms with Gasteiger partial charge < -0.3 is 4.90 Å². The van der Waals surface area contributed by atoms with Gasteiger partial charge in [0.05, 0.1) is 6.42 Å². The fraction of sp³-hybridized carbons (Fsp3) is 0.462. The van der Waals surface area contributed by atoms with Gasteiger partial charge in [-0.1, -0.05) is 0 Å². The van der Waals surface area contributed by atoms with Gasteiger partial charge >= 0.3 is 6.18 Å². The molecule has 0 bridgehead atoms. The van der Waals surface area contributed by atoms with Crippen LogP contribution in [-0.4, -0.2) is 25.0 Å². The van der Waals surface area contributed by atoms with Crippen molar-refractivity contribution < 1.29 is 18.0 Å². The van der Waals surface area contributed by atoms with Crippen molar-refractivity contribution in [1.82, 2.24) is 0 Å². The summed E-state index contributed by atoms with van der Waals surface area (Å²) in [7, 11) is 0. The molecule has 1 aromatic carbocycles. The van der Waals surface area contributed by atoms with Crippen molar-refractivity contribution in [3.8, 4) is 0 Å². The van der Waals surface area contributed by atoms with Gasteiger partial charge in [-0.05, 0) is 37.1 Å². The molecule has 1 aliphatic rings. The van der Waals surface area contributed by atoms with Gasteiger partial charge in [-0.15, -0.1) is 0 Å². The van der Waals surface area contributed by atoms with Crippen molar-refractivity contribution in [2.75, 3.05) is 18.0 Å². The van der Waals surface area contributed by atoms with Crippen LogP contribution < -0.4 is 4.90 Å². The minimum Gasteiger partial charge on any atom is -0.371 e. The first kappa shape index (κ1) is 12.9. The molecule has 2 nitrogen and oxygen atoms in total. The molecule has 0 saturated heterocycles. The van der Waals surface area contributed by atoms with Gasteiger partial charge in [0.25, 0.3) is 0 Å². The van der Waals surface area contributed by atoms with Crippen LogP contribution in [0.2, 0.25) is 0 Å². The summed E-state index contributed by atoms with van der Waals surface area (Å²) in [6.45, 7) is 2.06. The van der Waals surface area contributed by atoms with Crippen molar-refractivity contribution in [2.24, 2.45) is 0 Å². The van der Waals surface area contributed by atoms with E-state index in [4.69, 9.17) is 0 Å². The lowest BCUT2D eigenvalue weighted by Gasteiger charge is -2.20. The molecular weight excluding hydrogens is 243 g/mol. The third kappa shape index (κ3) is 2.83. The van der Waals surface area contributed by atoms with Gasteiger partial charge in [0.15, 0.2) is 5.78 Å².